The minimum absolute atomic E-state index is 0.117. The van der Waals surface area contributed by atoms with E-state index in [0.717, 1.165) is 5.56 Å². The van der Waals surface area contributed by atoms with Crippen molar-refractivity contribution in [2.45, 2.75) is 39.0 Å². The molecule has 0 spiro atoms. The molecule has 0 radical (unpaired) electrons. The molecule has 0 unspecified atom stereocenters. The van der Waals surface area contributed by atoms with E-state index in [-0.39, 0.29) is 17.0 Å². The Morgan fingerprint density at radius 3 is 2.29 bits per heavy atom. The summed E-state index contributed by atoms with van der Waals surface area (Å²) in [7, 11) is 0. The number of amides is 2. The SMILES string of the molecule is CC(C)(C)c1ccc(CCC(=O)NNC(=O)c2ccccn2)cc1. The van der Waals surface area contributed by atoms with Gasteiger partial charge >= 0.3 is 0 Å². The number of carbonyl (C=O) groups excluding carboxylic acids is 2. The first-order chi connectivity index (χ1) is 11.4. The van der Waals surface area contributed by atoms with Crippen LogP contribution in [0.2, 0.25) is 0 Å². The topological polar surface area (TPSA) is 71.1 Å². The number of hydrogen-bond donors (Lipinski definition) is 2. The van der Waals surface area contributed by atoms with E-state index in [1.807, 2.05) is 12.1 Å². The van der Waals surface area contributed by atoms with E-state index in [4.69, 9.17) is 0 Å². The summed E-state index contributed by atoms with van der Waals surface area (Å²) in [5, 5.41) is 0. The molecular weight excluding hydrogens is 302 g/mol. The maximum atomic E-state index is 11.8. The van der Waals surface area contributed by atoms with Crippen LogP contribution in [0.15, 0.2) is 48.7 Å². The van der Waals surface area contributed by atoms with Crippen molar-refractivity contribution >= 4 is 11.8 Å². The molecule has 126 valence electrons. The predicted octanol–water partition coefficient (Wildman–Crippen LogP) is 2.77. The van der Waals surface area contributed by atoms with Crippen LogP contribution in [-0.2, 0) is 16.6 Å². The molecule has 5 heteroatoms. The van der Waals surface area contributed by atoms with Gasteiger partial charge in [-0.15, -0.1) is 0 Å². The summed E-state index contributed by atoms with van der Waals surface area (Å²) >= 11 is 0. The van der Waals surface area contributed by atoms with Gasteiger partial charge in [-0.3, -0.25) is 25.4 Å². The quantitative estimate of drug-likeness (QED) is 0.849. The average Bonchev–Trinajstić information content (AvgIpc) is 2.58. The second-order valence-corrected chi connectivity index (χ2v) is 6.66. The van der Waals surface area contributed by atoms with Gasteiger partial charge in [0.15, 0.2) is 0 Å². The van der Waals surface area contributed by atoms with Gasteiger partial charge < -0.3 is 0 Å². The van der Waals surface area contributed by atoms with Crippen LogP contribution in [0, 0.1) is 0 Å². The highest BCUT2D eigenvalue weighted by Gasteiger charge is 2.13. The largest absolute Gasteiger partial charge is 0.288 e. The normalized spacial score (nSPS) is 11.0. The van der Waals surface area contributed by atoms with Gasteiger partial charge in [-0.2, -0.15) is 0 Å². The molecule has 0 aliphatic heterocycles. The fraction of sp³-hybridized carbons (Fsp3) is 0.316. The van der Waals surface area contributed by atoms with Gasteiger partial charge in [0.25, 0.3) is 5.91 Å². The van der Waals surface area contributed by atoms with Crippen LogP contribution in [0.25, 0.3) is 0 Å². The molecule has 0 fully saturated rings. The number of hydrazine groups is 1. The highest BCUT2D eigenvalue weighted by Crippen LogP contribution is 2.22. The van der Waals surface area contributed by atoms with Crippen molar-refractivity contribution in [1.29, 1.82) is 0 Å². The van der Waals surface area contributed by atoms with Crippen molar-refractivity contribution in [1.82, 2.24) is 15.8 Å². The molecule has 0 aliphatic carbocycles. The van der Waals surface area contributed by atoms with Gasteiger partial charge in [-0.25, -0.2) is 0 Å². The summed E-state index contributed by atoms with van der Waals surface area (Å²) in [6.07, 6.45) is 2.45. The molecular formula is C19H23N3O2. The molecule has 1 aromatic heterocycles. The van der Waals surface area contributed by atoms with Gasteiger partial charge in [0, 0.05) is 12.6 Å². The van der Waals surface area contributed by atoms with E-state index in [2.05, 4.69) is 48.7 Å². The molecule has 0 aliphatic rings. The zero-order chi connectivity index (χ0) is 17.6. The van der Waals surface area contributed by atoms with Crippen LogP contribution in [0.1, 0.15) is 48.8 Å². The van der Waals surface area contributed by atoms with Crippen molar-refractivity contribution in [3.8, 4) is 0 Å². The number of aromatic nitrogens is 1. The third kappa shape index (κ3) is 5.19. The first kappa shape index (κ1) is 17.7. The Bertz CT molecular complexity index is 689. The summed E-state index contributed by atoms with van der Waals surface area (Å²) in [5.41, 5.74) is 7.50. The smallest absolute Gasteiger partial charge is 0.273 e. The van der Waals surface area contributed by atoms with E-state index >= 15 is 0 Å². The van der Waals surface area contributed by atoms with E-state index < -0.39 is 5.91 Å². The molecule has 2 amide bonds. The van der Waals surface area contributed by atoms with Crippen molar-refractivity contribution in [2.24, 2.45) is 0 Å². The maximum absolute atomic E-state index is 11.8. The van der Waals surface area contributed by atoms with Crippen molar-refractivity contribution < 1.29 is 9.59 Å². The molecule has 0 atom stereocenters. The number of carbonyl (C=O) groups is 2. The standard InChI is InChI=1S/C19H23N3O2/c1-19(2,3)15-10-7-14(8-11-15)9-12-17(23)21-22-18(24)16-6-4-5-13-20-16/h4-8,10-11,13H,9,12H2,1-3H3,(H,21,23)(H,22,24). The summed E-state index contributed by atoms with van der Waals surface area (Å²) in [4.78, 5) is 27.5. The van der Waals surface area contributed by atoms with E-state index in [1.165, 1.54) is 11.8 Å². The van der Waals surface area contributed by atoms with Crippen molar-refractivity contribution in [2.75, 3.05) is 0 Å². The molecule has 2 rings (SSSR count). The van der Waals surface area contributed by atoms with Gasteiger partial charge in [-0.1, -0.05) is 51.1 Å². The monoisotopic (exact) mass is 325 g/mol. The van der Waals surface area contributed by atoms with E-state index in [9.17, 15) is 9.59 Å². The lowest BCUT2D eigenvalue weighted by Crippen LogP contribution is -2.42. The Hall–Kier alpha value is -2.69. The first-order valence-corrected chi connectivity index (χ1v) is 7.96. The van der Waals surface area contributed by atoms with Crippen molar-refractivity contribution in [3.63, 3.8) is 0 Å². The minimum Gasteiger partial charge on any atom is -0.273 e. The number of rotatable bonds is 4. The fourth-order valence-electron chi connectivity index (χ4n) is 2.18. The predicted molar refractivity (Wildman–Crippen MR) is 93.3 cm³/mol. The molecule has 5 nitrogen and oxygen atoms in total. The number of hydrogen-bond acceptors (Lipinski definition) is 3. The highest BCUT2D eigenvalue weighted by molar-refractivity contribution is 5.93. The van der Waals surface area contributed by atoms with Crippen molar-refractivity contribution in [3.05, 3.63) is 65.5 Å². The van der Waals surface area contributed by atoms with Gasteiger partial charge in [0.2, 0.25) is 5.91 Å². The second kappa shape index (κ2) is 7.73. The molecule has 1 aromatic carbocycles. The summed E-state index contributed by atoms with van der Waals surface area (Å²) in [6.45, 7) is 6.50. The maximum Gasteiger partial charge on any atom is 0.288 e. The summed E-state index contributed by atoms with van der Waals surface area (Å²) in [6, 6.07) is 13.3. The van der Waals surface area contributed by atoms with E-state index in [0.29, 0.717) is 12.8 Å². The third-order valence-electron chi connectivity index (χ3n) is 3.67. The fourth-order valence-corrected chi connectivity index (χ4v) is 2.18. The van der Waals surface area contributed by atoms with E-state index in [1.54, 1.807) is 18.2 Å². The van der Waals surface area contributed by atoms with Crippen LogP contribution >= 0.6 is 0 Å². The van der Waals surface area contributed by atoms with Crippen LogP contribution in [0.4, 0.5) is 0 Å². The molecule has 1 heterocycles. The Kier molecular flexibility index (Phi) is 5.68. The van der Waals surface area contributed by atoms with Gasteiger partial charge in [0.1, 0.15) is 5.69 Å². The molecule has 2 N–H and O–H groups in total. The zero-order valence-electron chi connectivity index (χ0n) is 14.3. The minimum atomic E-state index is -0.432. The average molecular weight is 325 g/mol. The second-order valence-electron chi connectivity index (χ2n) is 6.66. The molecule has 0 saturated heterocycles. The van der Waals surface area contributed by atoms with Gasteiger partial charge in [0.05, 0.1) is 0 Å². The first-order valence-electron chi connectivity index (χ1n) is 7.96. The molecule has 24 heavy (non-hydrogen) atoms. The lowest BCUT2D eigenvalue weighted by molar-refractivity contribution is -0.121. The Labute approximate surface area is 142 Å². The van der Waals surface area contributed by atoms with Crippen LogP contribution in [-0.4, -0.2) is 16.8 Å². The summed E-state index contributed by atoms with van der Waals surface area (Å²) < 4.78 is 0. The number of nitrogens with one attached hydrogen (secondary N) is 2. The zero-order valence-corrected chi connectivity index (χ0v) is 14.3. The molecule has 0 bridgehead atoms. The van der Waals surface area contributed by atoms with Gasteiger partial charge in [-0.05, 0) is 35.1 Å². The number of nitrogens with zero attached hydrogens (tertiary/aromatic N) is 1. The number of aryl methyl sites for hydroxylation is 1. The molecule has 2 aromatic rings. The van der Waals surface area contributed by atoms with Crippen LogP contribution < -0.4 is 10.9 Å². The number of pyridine rings is 1. The Morgan fingerprint density at radius 2 is 1.71 bits per heavy atom. The van der Waals surface area contributed by atoms with Crippen LogP contribution in [0.5, 0.6) is 0 Å². The van der Waals surface area contributed by atoms with Crippen LogP contribution in [0.3, 0.4) is 0 Å². The lowest BCUT2D eigenvalue weighted by Gasteiger charge is -2.19. The lowest BCUT2D eigenvalue weighted by atomic mass is 9.86. The third-order valence-corrected chi connectivity index (χ3v) is 3.67. The Morgan fingerprint density at radius 1 is 1.00 bits per heavy atom. The summed E-state index contributed by atoms with van der Waals surface area (Å²) in [5.74, 6) is -0.669. The highest BCUT2D eigenvalue weighted by atomic mass is 16.2. The molecule has 0 saturated carbocycles. The number of benzene rings is 1. The Balaban J connectivity index is 1.78.